The van der Waals surface area contributed by atoms with E-state index in [1.807, 2.05) is 18.3 Å². The van der Waals surface area contributed by atoms with E-state index >= 15 is 0 Å². The van der Waals surface area contributed by atoms with Gasteiger partial charge in [-0.25, -0.2) is 0 Å². The minimum atomic E-state index is 0. The maximum absolute atomic E-state index is 5.04. The molecule has 8 aromatic carbocycles. The Bertz CT molecular complexity index is 3290. The molecule has 0 saturated heterocycles. The first-order chi connectivity index (χ1) is 29.1. The molecule has 0 bridgehead atoms. The number of rotatable bonds is 7. The molecular weight excluding hydrogens is 912 g/mol. The van der Waals surface area contributed by atoms with Crippen LogP contribution in [0.25, 0.3) is 106 Å². The first-order valence-corrected chi connectivity index (χ1v) is 19.9. The van der Waals surface area contributed by atoms with Crippen LogP contribution in [0.3, 0.4) is 0 Å². The number of para-hydroxylation sites is 2. The predicted octanol–water partition coefficient (Wildman–Crippen LogP) is 13.7. The fourth-order valence-corrected chi connectivity index (χ4v) is 8.32. The molecule has 0 saturated carbocycles. The van der Waals surface area contributed by atoms with Crippen LogP contribution < -0.4 is 0 Å². The summed E-state index contributed by atoms with van der Waals surface area (Å²) < 4.78 is 4.43. The molecule has 0 amide bonds. The van der Waals surface area contributed by atoms with Crippen LogP contribution in [0.5, 0.6) is 0 Å². The van der Waals surface area contributed by atoms with Gasteiger partial charge in [-0.2, -0.15) is 0 Å². The van der Waals surface area contributed by atoms with E-state index in [0.29, 0.717) is 0 Å². The minimum absolute atomic E-state index is 0. The summed E-state index contributed by atoms with van der Waals surface area (Å²) in [5.74, 6) is 0.876. The summed E-state index contributed by atoms with van der Waals surface area (Å²) in [6, 6.07) is 76.0. The Morgan fingerprint density at radius 3 is 1.67 bits per heavy atom. The van der Waals surface area contributed by atoms with Crippen LogP contribution in [-0.4, -0.2) is 19.1 Å². The third kappa shape index (κ3) is 6.66. The van der Waals surface area contributed by atoms with Gasteiger partial charge in [0.15, 0.2) is 0 Å². The van der Waals surface area contributed by atoms with E-state index in [1.165, 1.54) is 27.8 Å². The largest absolute Gasteiger partial charge is 2.00 e. The normalized spacial score (nSPS) is 11.3. The number of fused-ring (bicyclic) bond motifs is 4. The smallest absolute Gasteiger partial charge is 0.367 e. The molecule has 11 rings (SSSR count). The number of aromatic nitrogens is 4. The van der Waals surface area contributed by atoms with Crippen molar-refractivity contribution in [1.82, 2.24) is 19.1 Å². The average molecular weight is 948 g/mol. The summed E-state index contributed by atoms with van der Waals surface area (Å²) in [6.45, 7) is 0. The Hall–Kier alpha value is -7.13. The van der Waals surface area contributed by atoms with E-state index in [2.05, 4.69) is 210 Å². The first kappa shape index (κ1) is 37.2. The van der Waals surface area contributed by atoms with Gasteiger partial charge in [-0.15, -0.1) is 53.6 Å². The molecule has 0 N–H and O–H groups in total. The van der Waals surface area contributed by atoms with Crippen molar-refractivity contribution >= 4 is 32.8 Å². The summed E-state index contributed by atoms with van der Waals surface area (Å²) in [5, 5.41) is 2.27. The van der Waals surface area contributed by atoms with Crippen LogP contribution in [0.1, 0.15) is 0 Å². The maximum Gasteiger partial charge on any atom is 2.00 e. The third-order valence-corrected chi connectivity index (χ3v) is 11.4. The summed E-state index contributed by atoms with van der Waals surface area (Å²) in [5.41, 5.74) is 17.1. The van der Waals surface area contributed by atoms with Crippen LogP contribution in [0, 0.1) is 12.1 Å². The molecule has 0 aliphatic carbocycles. The van der Waals surface area contributed by atoms with E-state index in [1.54, 1.807) is 0 Å². The van der Waals surface area contributed by atoms with Gasteiger partial charge in [-0.3, -0.25) is 4.98 Å². The molecule has 0 fully saturated rings. The molecule has 0 unspecified atom stereocenters. The summed E-state index contributed by atoms with van der Waals surface area (Å²) in [4.78, 5) is 9.98. The quantitative estimate of drug-likeness (QED) is 0.149. The second-order valence-electron chi connectivity index (χ2n) is 15.0. The van der Waals surface area contributed by atoms with Crippen molar-refractivity contribution in [2.75, 3.05) is 0 Å². The molecule has 0 spiro atoms. The van der Waals surface area contributed by atoms with Gasteiger partial charge in [-0.05, 0) is 85.0 Å². The zero-order chi connectivity index (χ0) is 39.3. The van der Waals surface area contributed by atoms with Gasteiger partial charge in [0.1, 0.15) is 0 Å². The van der Waals surface area contributed by atoms with Gasteiger partial charge in [0, 0.05) is 18.8 Å². The van der Waals surface area contributed by atoms with Crippen molar-refractivity contribution < 1.29 is 21.1 Å². The fourth-order valence-electron chi connectivity index (χ4n) is 8.32. The Kier molecular flexibility index (Phi) is 9.64. The van der Waals surface area contributed by atoms with E-state index in [9.17, 15) is 0 Å². The van der Waals surface area contributed by atoms with Gasteiger partial charge in [0.2, 0.25) is 0 Å². The van der Waals surface area contributed by atoms with Gasteiger partial charge in [0.05, 0.1) is 16.9 Å². The first-order valence-electron chi connectivity index (χ1n) is 19.9. The maximum atomic E-state index is 5.04. The Morgan fingerprint density at radius 2 is 1.02 bits per heavy atom. The van der Waals surface area contributed by atoms with Crippen molar-refractivity contribution in [3.8, 4) is 72.8 Å². The molecule has 3 heterocycles. The van der Waals surface area contributed by atoms with Crippen LogP contribution in [0.15, 0.2) is 200 Å². The topological polar surface area (TPSA) is 35.6 Å². The van der Waals surface area contributed by atoms with Crippen LogP contribution in [0.2, 0.25) is 0 Å². The number of hydrogen-bond acceptors (Lipinski definition) is 2. The number of imidazole rings is 1. The van der Waals surface area contributed by atoms with E-state index in [-0.39, 0.29) is 21.1 Å². The molecule has 3 aromatic heterocycles. The van der Waals surface area contributed by atoms with Gasteiger partial charge in [0.25, 0.3) is 0 Å². The van der Waals surface area contributed by atoms with Crippen LogP contribution in [-0.2, 0) is 28.1 Å². The number of pyridine rings is 1. The van der Waals surface area contributed by atoms with Crippen molar-refractivity contribution in [3.63, 3.8) is 0 Å². The zero-order valence-corrected chi connectivity index (χ0v) is 34.9. The fraction of sp³-hybridized carbons (Fsp3) is 0.0182. The third-order valence-electron chi connectivity index (χ3n) is 11.4. The number of benzene rings is 8. The summed E-state index contributed by atoms with van der Waals surface area (Å²) in [7, 11) is 2.07. The minimum Gasteiger partial charge on any atom is -0.367 e. The summed E-state index contributed by atoms with van der Waals surface area (Å²) >= 11 is 0. The molecule has 11 aromatic rings. The molecule has 0 atom stereocenters. The van der Waals surface area contributed by atoms with Crippen LogP contribution >= 0.6 is 0 Å². The van der Waals surface area contributed by atoms with Crippen LogP contribution in [0.4, 0.5) is 0 Å². The van der Waals surface area contributed by atoms with Gasteiger partial charge >= 0.3 is 21.1 Å². The second-order valence-corrected chi connectivity index (χ2v) is 15.0. The Balaban J connectivity index is 0.00000433. The average Bonchev–Trinajstić information content (AvgIpc) is 3.83. The molecule has 60 heavy (non-hydrogen) atoms. The SMILES string of the molecule is Cn1c(-c2[c-]c3c(cc2)c2cc(-c4ccc(-c5ccccc5)cc4)ccc2n3-c2[c-]c(-c3ccc(-c4ccc(-c5ccccc5)cc4)cn3)ccc2)nc2ccccc21.[Pt+2]. The second kappa shape index (κ2) is 15.6. The monoisotopic (exact) mass is 947 g/mol. The van der Waals surface area contributed by atoms with Gasteiger partial charge in [-0.1, -0.05) is 151 Å². The van der Waals surface area contributed by atoms with E-state index in [4.69, 9.17) is 9.97 Å². The molecule has 4 nitrogen and oxygen atoms in total. The van der Waals surface area contributed by atoms with Crippen molar-refractivity contribution in [3.05, 3.63) is 212 Å². The number of hydrogen-bond donors (Lipinski definition) is 0. The molecule has 5 heteroatoms. The molecule has 286 valence electrons. The number of nitrogens with zero attached hydrogens (tertiary/aromatic N) is 4. The van der Waals surface area contributed by atoms with Crippen molar-refractivity contribution in [2.45, 2.75) is 0 Å². The van der Waals surface area contributed by atoms with Gasteiger partial charge < -0.3 is 14.1 Å². The van der Waals surface area contributed by atoms with E-state index < -0.39 is 0 Å². The predicted molar refractivity (Wildman–Crippen MR) is 243 cm³/mol. The Morgan fingerprint density at radius 1 is 0.433 bits per heavy atom. The molecule has 0 radical (unpaired) electrons. The zero-order valence-electron chi connectivity index (χ0n) is 32.7. The molecule has 0 aliphatic heterocycles. The van der Waals surface area contributed by atoms with E-state index in [0.717, 1.165) is 77.9 Å². The van der Waals surface area contributed by atoms with Crippen molar-refractivity contribution in [2.24, 2.45) is 7.05 Å². The molecule has 0 aliphatic rings. The number of aryl methyl sites for hydroxylation is 1. The molecular formula is C55H36N4Pt. The standard InChI is InChI=1S/C55H36N4.Pt/c1-58-53-18-9-8-17-51(53)57-55(58)45-27-30-48-49-34-43(41-23-19-39(20-24-41)37-11-4-2-5-12-37)29-32-52(49)59(54(48)35-45)47-16-10-15-44(33-47)50-31-28-46(36-56-50)42-25-21-40(22-26-42)38-13-6-3-7-14-38;/h2-32,34,36H,1H3;/q-2;+2. The van der Waals surface area contributed by atoms with Crippen molar-refractivity contribution in [1.29, 1.82) is 0 Å². The Labute approximate surface area is 363 Å². The summed E-state index contributed by atoms with van der Waals surface area (Å²) in [6.07, 6.45) is 1.96.